The third-order valence-corrected chi connectivity index (χ3v) is 5.52. The van der Waals surface area contributed by atoms with Gasteiger partial charge in [0, 0.05) is 17.5 Å². The number of ether oxygens (including phenoxy) is 1. The number of oxazole rings is 1. The molecule has 4 aromatic rings. The highest BCUT2D eigenvalue weighted by Crippen LogP contribution is 2.34. The molecule has 3 nitrogen and oxygen atoms in total. The molecule has 0 N–H and O–H groups in total. The molecule has 0 saturated heterocycles. The van der Waals surface area contributed by atoms with Gasteiger partial charge in [-0.25, -0.2) is 4.98 Å². The van der Waals surface area contributed by atoms with Crippen molar-refractivity contribution in [3.05, 3.63) is 96.4 Å². The van der Waals surface area contributed by atoms with Gasteiger partial charge in [-0.1, -0.05) is 79.7 Å². The van der Waals surface area contributed by atoms with Crippen molar-refractivity contribution in [2.45, 2.75) is 32.1 Å². The van der Waals surface area contributed by atoms with Gasteiger partial charge in [-0.15, -0.1) is 0 Å². The SMILES string of the molecule is CCC(CCc1nc(-c2ccccc2)c(-c2ccccc2)o1)c1cccc(OC)c1. The number of rotatable bonds is 8. The Morgan fingerprint density at radius 2 is 1.57 bits per heavy atom. The van der Waals surface area contributed by atoms with Crippen LogP contribution < -0.4 is 4.74 Å². The summed E-state index contributed by atoms with van der Waals surface area (Å²) in [4.78, 5) is 4.90. The van der Waals surface area contributed by atoms with Gasteiger partial charge in [-0.2, -0.15) is 0 Å². The fraction of sp³-hybridized carbons (Fsp3) is 0.222. The molecule has 1 aromatic heterocycles. The van der Waals surface area contributed by atoms with E-state index in [2.05, 4.69) is 49.4 Å². The molecular weight excluding hydrogens is 370 g/mol. The zero-order valence-corrected chi connectivity index (χ0v) is 17.5. The Bertz CT molecular complexity index is 1010. The van der Waals surface area contributed by atoms with Gasteiger partial charge in [0.2, 0.25) is 0 Å². The lowest BCUT2D eigenvalue weighted by Crippen LogP contribution is -2.00. The average Bonchev–Trinajstić information content (AvgIpc) is 3.25. The molecule has 1 atom stereocenters. The molecule has 0 aliphatic rings. The first kappa shape index (κ1) is 20.0. The van der Waals surface area contributed by atoms with Crippen molar-refractivity contribution < 1.29 is 9.15 Å². The van der Waals surface area contributed by atoms with Crippen LogP contribution in [0.15, 0.2) is 89.3 Å². The predicted octanol–water partition coefficient (Wildman–Crippen LogP) is 7.14. The van der Waals surface area contributed by atoms with Crippen LogP contribution in [-0.4, -0.2) is 12.1 Å². The van der Waals surface area contributed by atoms with Crippen molar-refractivity contribution in [2.75, 3.05) is 7.11 Å². The smallest absolute Gasteiger partial charge is 0.195 e. The minimum absolute atomic E-state index is 0.437. The third-order valence-electron chi connectivity index (χ3n) is 5.52. The normalized spacial score (nSPS) is 11.9. The lowest BCUT2D eigenvalue weighted by atomic mass is 9.92. The van der Waals surface area contributed by atoms with Crippen LogP contribution in [0.2, 0.25) is 0 Å². The molecule has 0 radical (unpaired) electrons. The van der Waals surface area contributed by atoms with Crippen LogP contribution in [-0.2, 0) is 6.42 Å². The number of hydrogen-bond donors (Lipinski definition) is 0. The summed E-state index contributed by atoms with van der Waals surface area (Å²) in [6.45, 7) is 2.23. The van der Waals surface area contributed by atoms with Crippen molar-refractivity contribution in [3.63, 3.8) is 0 Å². The summed E-state index contributed by atoms with van der Waals surface area (Å²) in [6, 6.07) is 28.8. The molecule has 0 aliphatic carbocycles. The van der Waals surface area contributed by atoms with E-state index in [1.807, 2.05) is 42.5 Å². The fourth-order valence-corrected chi connectivity index (χ4v) is 3.85. The minimum atomic E-state index is 0.437. The van der Waals surface area contributed by atoms with Gasteiger partial charge in [0.15, 0.2) is 11.7 Å². The molecule has 0 aliphatic heterocycles. The maximum atomic E-state index is 6.30. The maximum absolute atomic E-state index is 6.30. The number of aryl methyl sites for hydroxylation is 1. The third kappa shape index (κ3) is 4.46. The van der Waals surface area contributed by atoms with Crippen molar-refractivity contribution in [3.8, 4) is 28.3 Å². The summed E-state index contributed by atoms with van der Waals surface area (Å²) in [5, 5.41) is 0. The van der Waals surface area contributed by atoms with Crippen LogP contribution >= 0.6 is 0 Å². The van der Waals surface area contributed by atoms with Gasteiger partial charge in [-0.3, -0.25) is 0 Å². The summed E-state index contributed by atoms with van der Waals surface area (Å²) >= 11 is 0. The first-order valence-corrected chi connectivity index (χ1v) is 10.5. The van der Waals surface area contributed by atoms with E-state index in [4.69, 9.17) is 14.1 Å². The van der Waals surface area contributed by atoms with Crippen LogP contribution in [0.3, 0.4) is 0 Å². The Balaban J connectivity index is 1.60. The van der Waals surface area contributed by atoms with E-state index in [1.54, 1.807) is 7.11 Å². The molecule has 0 fully saturated rings. The van der Waals surface area contributed by atoms with Crippen LogP contribution in [0.25, 0.3) is 22.6 Å². The number of aromatic nitrogens is 1. The molecule has 0 bridgehead atoms. The summed E-state index contributed by atoms with van der Waals surface area (Å²) in [5.41, 5.74) is 4.34. The first-order valence-electron chi connectivity index (χ1n) is 10.5. The highest BCUT2D eigenvalue weighted by Gasteiger charge is 2.18. The fourth-order valence-electron chi connectivity index (χ4n) is 3.85. The lowest BCUT2D eigenvalue weighted by molar-refractivity contribution is 0.413. The molecule has 1 unspecified atom stereocenters. The van der Waals surface area contributed by atoms with E-state index in [0.717, 1.165) is 53.5 Å². The maximum Gasteiger partial charge on any atom is 0.195 e. The standard InChI is InChI=1S/C27H27NO2/c1-3-20(23-15-10-16-24(19-23)29-2)17-18-25-28-26(21-11-6-4-7-12-21)27(30-25)22-13-8-5-9-14-22/h4-16,19-20H,3,17-18H2,1-2H3. The van der Waals surface area contributed by atoms with Crippen molar-refractivity contribution in [2.24, 2.45) is 0 Å². The second-order valence-corrected chi connectivity index (χ2v) is 7.44. The molecule has 1 heterocycles. The highest BCUT2D eigenvalue weighted by atomic mass is 16.5. The quantitative estimate of drug-likeness (QED) is 0.317. The first-order chi connectivity index (χ1) is 14.8. The molecule has 0 spiro atoms. The predicted molar refractivity (Wildman–Crippen MR) is 122 cm³/mol. The molecule has 0 amide bonds. The second kappa shape index (κ2) is 9.45. The Hall–Kier alpha value is -3.33. The Labute approximate surface area is 178 Å². The summed E-state index contributed by atoms with van der Waals surface area (Å²) in [6.07, 6.45) is 2.83. The van der Waals surface area contributed by atoms with E-state index in [1.165, 1.54) is 5.56 Å². The number of methoxy groups -OCH3 is 1. The van der Waals surface area contributed by atoms with Crippen molar-refractivity contribution in [1.82, 2.24) is 4.98 Å². The topological polar surface area (TPSA) is 35.3 Å². The Morgan fingerprint density at radius 3 is 2.23 bits per heavy atom. The number of nitrogens with zero attached hydrogens (tertiary/aromatic N) is 1. The van der Waals surface area contributed by atoms with Crippen molar-refractivity contribution >= 4 is 0 Å². The zero-order valence-electron chi connectivity index (χ0n) is 17.5. The lowest BCUT2D eigenvalue weighted by Gasteiger charge is -2.15. The van der Waals surface area contributed by atoms with Gasteiger partial charge in [0.1, 0.15) is 11.4 Å². The average molecular weight is 398 g/mol. The van der Waals surface area contributed by atoms with Crippen LogP contribution in [0, 0.1) is 0 Å². The van der Waals surface area contributed by atoms with E-state index in [9.17, 15) is 0 Å². The number of benzene rings is 3. The van der Waals surface area contributed by atoms with Gasteiger partial charge in [-0.05, 0) is 36.5 Å². The van der Waals surface area contributed by atoms with Crippen LogP contribution in [0.1, 0.15) is 37.1 Å². The molecule has 3 aromatic carbocycles. The van der Waals surface area contributed by atoms with E-state index in [0.29, 0.717) is 5.92 Å². The van der Waals surface area contributed by atoms with Crippen LogP contribution in [0.5, 0.6) is 5.75 Å². The molecule has 30 heavy (non-hydrogen) atoms. The second-order valence-electron chi connectivity index (χ2n) is 7.44. The monoisotopic (exact) mass is 397 g/mol. The van der Waals surface area contributed by atoms with Gasteiger partial charge in [0.25, 0.3) is 0 Å². The Morgan fingerprint density at radius 1 is 0.867 bits per heavy atom. The molecule has 152 valence electrons. The van der Waals surface area contributed by atoms with Gasteiger partial charge in [0.05, 0.1) is 7.11 Å². The van der Waals surface area contributed by atoms with E-state index >= 15 is 0 Å². The summed E-state index contributed by atoms with van der Waals surface area (Å²) in [5.74, 6) is 2.97. The molecule has 0 saturated carbocycles. The highest BCUT2D eigenvalue weighted by molar-refractivity contribution is 5.76. The minimum Gasteiger partial charge on any atom is -0.497 e. The summed E-state index contributed by atoms with van der Waals surface area (Å²) < 4.78 is 11.7. The number of hydrogen-bond acceptors (Lipinski definition) is 3. The summed E-state index contributed by atoms with van der Waals surface area (Å²) in [7, 11) is 1.71. The van der Waals surface area contributed by atoms with Gasteiger partial charge >= 0.3 is 0 Å². The van der Waals surface area contributed by atoms with E-state index in [-0.39, 0.29) is 0 Å². The Kier molecular flexibility index (Phi) is 6.29. The van der Waals surface area contributed by atoms with Crippen LogP contribution in [0.4, 0.5) is 0 Å². The molecule has 4 rings (SSSR count). The van der Waals surface area contributed by atoms with Crippen molar-refractivity contribution in [1.29, 1.82) is 0 Å². The molecular formula is C27H27NO2. The molecule has 3 heteroatoms. The van der Waals surface area contributed by atoms with Gasteiger partial charge < -0.3 is 9.15 Å². The largest absolute Gasteiger partial charge is 0.497 e. The van der Waals surface area contributed by atoms with E-state index < -0.39 is 0 Å². The zero-order chi connectivity index (χ0) is 20.8.